The minimum Gasteiger partial charge on any atom is -0.397 e. The zero-order chi connectivity index (χ0) is 39.0. The molecule has 0 bridgehead atoms. The number of hydrogen-bond acceptors (Lipinski definition) is 17. The van der Waals surface area contributed by atoms with E-state index in [9.17, 15) is 29.2 Å². The number of benzene rings is 2. The highest BCUT2D eigenvalue weighted by Crippen LogP contribution is 2.45. The zero-order valence-corrected chi connectivity index (χ0v) is 32.0. The van der Waals surface area contributed by atoms with Crippen molar-refractivity contribution in [2.24, 2.45) is 0 Å². The predicted octanol–water partition coefficient (Wildman–Crippen LogP) is 2.17. The predicted molar refractivity (Wildman–Crippen MR) is 207 cm³/mol. The fraction of sp³-hybridized carbons (Fsp3) is 0.500. The van der Waals surface area contributed by atoms with E-state index >= 15 is 0 Å². The Morgan fingerprint density at radius 2 is 1.75 bits per heavy atom. The monoisotopic (exact) mass is 820 g/mol. The Balaban J connectivity index is 0.000000250. The van der Waals surface area contributed by atoms with E-state index in [1.54, 1.807) is 28.6 Å². The average molecular weight is 821 g/mol. The molecule has 5 aromatic rings. The molecule has 2 aliphatic carbocycles. The van der Waals surface area contributed by atoms with E-state index in [1.165, 1.54) is 23.2 Å². The van der Waals surface area contributed by atoms with E-state index < -0.39 is 60.5 Å². The SMILES string of the molecule is CCCSc1cc(N[C@@H]2C[C@H]2c2ccc(F)c(F)c2)c2nnn([C@@H]3C[C@H](OCCO)[C@@H](O)[C@H]3O)c2c1.N.N.Nc1ccnc2c1ncn2C1OC(CO)C(O)C1O. The van der Waals surface area contributed by atoms with Crippen LogP contribution in [-0.4, -0.2) is 128 Å². The van der Waals surface area contributed by atoms with Gasteiger partial charge in [0.1, 0.15) is 41.6 Å². The van der Waals surface area contributed by atoms with Crippen LogP contribution in [-0.2, 0) is 9.47 Å². The van der Waals surface area contributed by atoms with E-state index in [4.69, 9.17) is 25.4 Å². The first-order chi connectivity index (χ1) is 26.5. The molecule has 3 aliphatic rings. The molecule has 2 aromatic carbocycles. The molecule has 0 radical (unpaired) electrons. The number of fused-ring (bicyclic) bond motifs is 2. The van der Waals surface area contributed by atoms with Gasteiger partial charge in [-0.1, -0.05) is 18.2 Å². The Kier molecular flexibility index (Phi) is 14.4. The molecule has 57 heavy (non-hydrogen) atoms. The number of halogens is 2. The van der Waals surface area contributed by atoms with Gasteiger partial charge in [-0.2, -0.15) is 0 Å². The number of nitrogen functional groups attached to an aromatic ring is 1. The molecule has 0 amide bonds. The third-order valence-corrected chi connectivity index (χ3v) is 11.3. The molecule has 3 fully saturated rings. The van der Waals surface area contributed by atoms with Crippen molar-refractivity contribution in [1.29, 1.82) is 0 Å². The standard InChI is InChI=1S/C25H30F2N4O4S.C11H14N4O4.2H3N/c1-2-7-36-14-9-19(28-18-11-15(18)13-3-4-16(26)17(27)8-13)23-20(10-14)31(30-29-23)21-12-22(35-6-5-32)25(34)24(21)33;12-5-1-2-13-10-7(5)14-4-15(10)11-9(18)8(17)6(3-16)19-11;;/h3-4,8-10,15,18,21-22,24-25,28,32-34H,2,5-7,11-12H2,1H3;1-2,4,6,8-9,11,16-18H,3H2,(H2,12,13);2*1H3/t15-,18+,21+,22-,24-,25+;;;/m0.../s1. The van der Waals surface area contributed by atoms with Crippen molar-refractivity contribution in [3.63, 3.8) is 0 Å². The minimum atomic E-state index is -1.17. The lowest BCUT2D eigenvalue weighted by Crippen LogP contribution is -2.33. The lowest BCUT2D eigenvalue weighted by molar-refractivity contribution is -0.0629. The van der Waals surface area contributed by atoms with Gasteiger partial charge in [0.25, 0.3) is 0 Å². The van der Waals surface area contributed by atoms with Crippen molar-refractivity contribution < 1.29 is 48.9 Å². The highest BCUT2D eigenvalue weighted by atomic mass is 32.2. The molecule has 1 saturated heterocycles. The second kappa shape index (κ2) is 18.6. The number of rotatable bonds is 12. The number of nitrogens with zero attached hydrogens (tertiary/aromatic N) is 6. The molecule has 1 aliphatic heterocycles. The van der Waals surface area contributed by atoms with E-state index in [2.05, 4.69) is 32.5 Å². The van der Waals surface area contributed by atoms with Crippen molar-refractivity contribution in [2.75, 3.05) is 36.6 Å². The van der Waals surface area contributed by atoms with Crippen LogP contribution in [0, 0.1) is 11.6 Å². The summed E-state index contributed by atoms with van der Waals surface area (Å²) in [6.07, 6.45) is -1.75. The second-order valence-corrected chi connectivity index (χ2v) is 15.0. The van der Waals surface area contributed by atoms with Gasteiger partial charge in [-0.05, 0) is 54.5 Å². The van der Waals surface area contributed by atoms with Gasteiger partial charge in [-0.3, -0.25) is 4.57 Å². The number of nitrogens with one attached hydrogen (secondary N) is 1. The van der Waals surface area contributed by atoms with E-state index in [0.29, 0.717) is 28.8 Å². The number of imidazole rings is 1. The molecule has 18 nitrogen and oxygen atoms in total. The fourth-order valence-electron chi connectivity index (χ4n) is 7.17. The summed E-state index contributed by atoms with van der Waals surface area (Å²) >= 11 is 1.70. The van der Waals surface area contributed by atoms with Gasteiger partial charge in [-0.15, -0.1) is 16.9 Å². The van der Waals surface area contributed by atoms with Crippen LogP contribution in [0.25, 0.3) is 22.2 Å². The van der Waals surface area contributed by atoms with Crippen molar-refractivity contribution >= 4 is 45.3 Å². The number of aliphatic hydroxyl groups is 6. The molecule has 10 atom stereocenters. The Morgan fingerprint density at radius 1 is 0.965 bits per heavy atom. The molecule has 8 rings (SSSR count). The number of ether oxygens (including phenoxy) is 2. The number of thioether (sulfide) groups is 1. The van der Waals surface area contributed by atoms with Gasteiger partial charge in [0.05, 0.1) is 55.2 Å². The van der Waals surface area contributed by atoms with Crippen LogP contribution in [0.15, 0.2) is 53.8 Å². The van der Waals surface area contributed by atoms with Crippen molar-refractivity contribution in [2.45, 2.75) is 91.9 Å². The summed E-state index contributed by atoms with van der Waals surface area (Å²) in [5.74, 6) is -0.713. The van der Waals surface area contributed by atoms with Crippen LogP contribution < -0.4 is 23.4 Å². The normalized spacial score (nSPS) is 27.8. The first-order valence-electron chi connectivity index (χ1n) is 18.1. The van der Waals surface area contributed by atoms with E-state index in [0.717, 1.165) is 46.3 Å². The first-order valence-corrected chi connectivity index (χ1v) is 19.0. The summed E-state index contributed by atoms with van der Waals surface area (Å²) in [6.45, 7) is 1.63. The van der Waals surface area contributed by atoms with Crippen molar-refractivity contribution in [3.8, 4) is 0 Å². The maximum absolute atomic E-state index is 13.7. The number of pyridine rings is 1. The Labute approximate surface area is 330 Å². The number of aliphatic hydroxyl groups excluding tert-OH is 6. The van der Waals surface area contributed by atoms with Crippen LogP contribution in [0.2, 0.25) is 0 Å². The molecular formula is C36H50F2N10O8S. The highest BCUT2D eigenvalue weighted by molar-refractivity contribution is 7.99. The number of hydrogen-bond donors (Lipinski definition) is 10. The van der Waals surface area contributed by atoms with E-state index in [-0.39, 0.29) is 44.1 Å². The number of anilines is 2. The van der Waals surface area contributed by atoms with Gasteiger partial charge in [0.2, 0.25) is 0 Å². The quantitative estimate of drug-likeness (QED) is 0.0807. The maximum atomic E-state index is 13.7. The number of nitrogens with two attached hydrogens (primary N) is 1. The topological polar surface area (TPSA) is 309 Å². The summed E-state index contributed by atoms with van der Waals surface area (Å²) in [6, 6.07) is 9.17. The van der Waals surface area contributed by atoms with E-state index in [1.807, 2.05) is 12.1 Å². The second-order valence-electron chi connectivity index (χ2n) is 13.9. The number of aromatic nitrogens is 6. The van der Waals surface area contributed by atoms with Crippen molar-refractivity contribution in [1.82, 2.24) is 41.8 Å². The molecule has 4 unspecified atom stereocenters. The van der Waals surface area contributed by atoms with Crippen molar-refractivity contribution in [3.05, 3.63) is 66.1 Å². The minimum absolute atomic E-state index is 0. The van der Waals surface area contributed by atoms with Gasteiger partial charge in [0, 0.05) is 29.5 Å². The molecule has 15 N–H and O–H groups in total. The average Bonchev–Trinajstić information content (AvgIpc) is 3.41. The van der Waals surface area contributed by atoms with Crippen LogP contribution in [0.3, 0.4) is 0 Å². The molecule has 312 valence electrons. The highest BCUT2D eigenvalue weighted by Gasteiger charge is 2.45. The third-order valence-electron chi connectivity index (χ3n) is 10.1. The summed E-state index contributed by atoms with van der Waals surface area (Å²) in [7, 11) is 0. The van der Waals surface area contributed by atoms with Crippen LogP contribution in [0.5, 0.6) is 0 Å². The molecule has 21 heteroatoms. The Bertz CT molecular complexity index is 2120. The van der Waals surface area contributed by atoms with Crippen LogP contribution in [0.4, 0.5) is 20.2 Å². The molecule has 3 aromatic heterocycles. The largest absolute Gasteiger partial charge is 0.397 e. The third kappa shape index (κ3) is 8.83. The van der Waals surface area contributed by atoms with Gasteiger partial charge in [0.15, 0.2) is 23.5 Å². The lowest BCUT2D eigenvalue weighted by Gasteiger charge is -2.17. The molecule has 0 spiro atoms. The zero-order valence-electron chi connectivity index (χ0n) is 31.2. The Morgan fingerprint density at radius 3 is 2.46 bits per heavy atom. The Hall–Kier alpha value is -4.13. The first kappa shape index (κ1) is 44.0. The maximum Gasteiger partial charge on any atom is 0.165 e. The fourth-order valence-corrected chi connectivity index (χ4v) is 8.00. The van der Waals surface area contributed by atoms with Gasteiger partial charge < -0.3 is 63.5 Å². The van der Waals surface area contributed by atoms with Crippen LogP contribution in [0.1, 0.15) is 49.9 Å². The molecular weight excluding hydrogens is 771 g/mol. The molecule has 4 heterocycles. The summed E-state index contributed by atoms with van der Waals surface area (Å²) < 4.78 is 41.2. The lowest BCUT2D eigenvalue weighted by atomic mass is 10.1. The van der Waals surface area contributed by atoms with Crippen LogP contribution >= 0.6 is 11.8 Å². The summed E-state index contributed by atoms with van der Waals surface area (Å²) in [5.41, 5.74) is 10.1. The van der Waals surface area contributed by atoms with Gasteiger partial charge >= 0.3 is 0 Å². The van der Waals surface area contributed by atoms with Gasteiger partial charge in [-0.25, -0.2) is 23.4 Å². The summed E-state index contributed by atoms with van der Waals surface area (Å²) in [4.78, 5) is 9.27. The smallest absolute Gasteiger partial charge is 0.165 e. The summed E-state index contributed by atoms with van der Waals surface area (Å²) in [5, 5.41) is 71.3. The molecule has 2 saturated carbocycles.